The molecule has 0 heterocycles. The number of hydrogen-bond donors (Lipinski definition) is 1. The largest absolute Gasteiger partial charge is 0.315 e. The highest BCUT2D eigenvalue weighted by Gasteiger charge is 2.10. The van der Waals surface area contributed by atoms with Gasteiger partial charge in [-0.1, -0.05) is 27.7 Å². The Kier molecular flexibility index (Phi) is 5.57. The molecule has 0 bridgehead atoms. The van der Waals surface area contributed by atoms with E-state index in [4.69, 9.17) is 0 Å². The van der Waals surface area contributed by atoms with Crippen molar-refractivity contribution in [1.29, 1.82) is 0 Å². The minimum absolute atomic E-state index is 0.678. The van der Waals surface area contributed by atoms with Crippen LogP contribution >= 0.6 is 0 Å². The zero-order chi connectivity index (χ0) is 8.85. The molecule has 0 radical (unpaired) electrons. The van der Waals surface area contributed by atoms with Crippen molar-refractivity contribution in [3.05, 3.63) is 0 Å². The normalized spacial score (nSPS) is 16.9. The van der Waals surface area contributed by atoms with E-state index in [0.717, 1.165) is 18.4 Å². The van der Waals surface area contributed by atoms with Gasteiger partial charge in [0.05, 0.1) is 0 Å². The smallest absolute Gasteiger partial charge is 0.00412 e. The van der Waals surface area contributed by atoms with Crippen LogP contribution in [-0.2, 0) is 0 Å². The molecule has 2 unspecified atom stereocenters. The Balaban J connectivity index is 3.48. The van der Waals surface area contributed by atoms with E-state index in [9.17, 15) is 0 Å². The summed E-state index contributed by atoms with van der Waals surface area (Å²) in [6.07, 6.45) is 1.30. The van der Waals surface area contributed by atoms with Crippen LogP contribution < -0.4 is 5.32 Å². The molecule has 0 aliphatic heterocycles. The van der Waals surface area contributed by atoms with Crippen molar-refractivity contribution < 1.29 is 0 Å². The van der Waals surface area contributed by atoms with Gasteiger partial charge in [-0.15, -0.1) is 0 Å². The van der Waals surface area contributed by atoms with Gasteiger partial charge in [0.15, 0.2) is 0 Å². The zero-order valence-electron chi connectivity index (χ0n) is 8.65. The molecule has 0 aromatic rings. The van der Waals surface area contributed by atoms with Gasteiger partial charge in [0.1, 0.15) is 0 Å². The van der Waals surface area contributed by atoms with Gasteiger partial charge in [-0.3, -0.25) is 0 Å². The summed E-state index contributed by atoms with van der Waals surface area (Å²) in [6, 6.07) is 0.678. The molecule has 11 heavy (non-hydrogen) atoms. The minimum Gasteiger partial charge on any atom is -0.315 e. The molecule has 0 aromatic carbocycles. The Morgan fingerprint density at radius 3 is 2.00 bits per heavy atom. The molecule has 0 saturated carbocycles. The first-order valence-electron chi connectivity index (χ1n) is 4.81. The van der Waals surface area contributed by atoms with Crippen LogP contribution in [0.4, 0.5) is 0 Å². The van der Waals surface area contributed by atoms with Crippen molar-refractivity contribution in [3.63, 3.8) is 0 Å². The van der Waals surface area contributed by atoms with Gasteiger partial charge in [-0.2, -0.15) is 0 Å². The molecule has 0 rings (SSSR count). The zero-order valence-corrected chi connectivity index (χ0v) is 8.65. The summed E-state index contributed by atoms with van der Waals surface area (Å²) in [6.45, 7) is 12.4. The molecule has 0 aliphatic carbocycles. The molecule has 1 heteroatoms. The quantitative estimate of drug-likeness (QED) is 0.647. The lowest BCUT2D eigenvalue weighted by molar-refractivity contribution is 0.344. The summed E-state index contributed by atoms with van der Waals surface area (Å²) >= 11 is 0. The molecule has 0 amide bonds. The van der Waals surface area contributed by atoms with Crippen molar-refractivity contribution in [1.82, 2.24) is 5.32 Å². The Morgan fingerprint density at radius 2 is 1.64 bits per heavy atom. The fourth-order valence-electron chi connectivity index (χ4n) is 1.26. The van der Waals surface area contributed by atoms with Gasteiger partial charge >= 0.3 is 0 Å². The van der Waals surface area contributed by atoms with Gasteiger partial charge < -0.3 is 5.32 Å². The van der Waals surface area contributed by atoms with E-state index in [-0.39, 0.29) is 0 Å². The van der Waals surface area contributed by atoms with Crippen LogP contribution in [0, 0.1) is 11.8 Å². The van der Waals surface area contributed by atoms with Crippen molar-refractivity contribution in [2.75, 3.05) is 6.54 Å². The Bertz CT molecular complexity index is 88.9. The molecule has 0 aliphatic rings. The lowest BCUT2D eigenvalue weighted by Gasteiger charge is -2.20. The van der Waals surface area contributed by atoms with Gasteiger partial charge in [0.25, 0.3) is 0 Å². The second kappa shape index (κ2) is 5.59. The maximum atomic E-state index is 3.43. The predicted molar refractivity (Wildman–Crippen MR) is 51.8 cm³/mol. The molecular weight excluding hydrogens is 134 g/mol. The number of nitrogens with one attached hydrogen (secondary N) is 1. The lowest BCUT2D eigenvalue weighted by atomic mass is 9.92. The monoisotopic (exact) mass is 157 g/mol. The van der Waals surface area contributed by atoms with Gasteiger partial charge in [-0.05, 0) is 31.7 Å². The molecular formula is C10H23N. The molecule has 0 saturated heterocycles. The van der Waals surface area contributed by atoms with E-state index < -0.39 is 0 Å². The molecule has 2 atom stereocenters. The van der Waals surface area contributed by atoms with E-state index in [2.05, 4.69) is 39.9 Å². The Hall–Kier alpha value is -0.0400. The van der Waals surface area contributed by atoms with Crippen LogP contribution in [0.1, 0.15) is 41.0 Å². The summed E-state index contributed by atoms with van der Waals surface area (Å²) in [5, 5.41) is 3.43. The van der Waals surface area contributed by atoms with E-state index >= 15 is 0 Å². The molecule has 0 fully saturated rings. The fraction of sp³-hybridized carbons (Fsp3) is 1.00. The van der Waals surface area contributed by atoms with Crippen LogP contribution in [0.2, 0.25) is 0 Å². The summed E-state index contributed by atoms with van der Waals surface area (Å²) in [5.41, 5.74) is 0. The first-order valence-corrected chi connectivity index (χ1v) is 4.81. The van der Waals surface area contributed by atoms with Crippen molar-refractivity contribution >= 4 is 0 Å². The third-order valence-electron chi connectivity index (χ3n) is 2.42. The first-order chi connectivity index (χ1) is 5.07. The average Bonchev–Trinajstić information content (AvgIpc) is 1.87. The molecule has 68 valence electrons. The maximum Gasteiger partial charge on any atom is 0.00412 e. The second-order valence-corrected chi connectivity index (χ2v) is 3.92. The highest BCUT2D eigenvalue weighted by Crippen LogP contribution is 2.15. The van der Waals surface area contributed by atoms with Crippen molar-refractivity contribution in [2.24, 2.45) is 11.8 Å². The molecule has 1 nitrogen and oxygen atoms in total. The standard InChI is InChI=1S/C10H23N/c1-6-11-10(5)7-9(4)8(2)3/h8-11H,6-7H2,1-5H3. The number of hydrogen-bond acceptors (Lipinski definition) is 1. The average molecular weight is 157 g/mol. The lowest BCUT2D eigenvalue weighted by Crippen LogP contribution is -2.28. The Morgan fingerprint density at radius 1 is 1.09 bits per heavy atom. The predicted octanol–water partition coefficient (Wildman–Crippen LogP) is 2.67. The van der Waals surface area contributed by atoms with E-state index in [1.165, 1.54) is 6.42 Å². The summed E-state index contributed by atoms with van der Waals surface area (Å²) < 4.78 is 0. The Labute approximate surface area is 71.6 Å². The second-order valence-electron chi connectivity index (χ2n) is 3.92. The van der Waals surface area contributed by atoms with Crippen LogP contribution in [0.25, 0.3) is 0 Å². The molecule has 0 aromatic heterocycles. The van der Waals surface area contributed by atoms with E-state index in [1.807, 2.05) is 0 Å². The fourth-order valence-corrected chi connectivity index (χ4v) is 1.26. The van der Waals surface area contributed by atoms with Crippen LogP contribution in [0.5, 0.6) is 0 Å². The molecule has 0 spiro atoms. The SMILES string of the molecule is CCNC(C)CC(C)C(C)C. The van der Waals surface area contributed by atoms with Gasteiger partial charge in [0, 0.05) is 6.04 Å². The van der Waals surface area contributed by atoms with Crippen LogP contribution in [-0.4, -0.2) is 12.6 Å². The van der Waals surface area contributed by atoms with Gasteiger partial charge in [-0.25, -0.2) is 0 Å². The highest BCUT2D eigenvalue weighted by atomic mass is 14.9. The number of rotatable bonds is 5. The van der Waals surface area contributed by atoms with Crippen LogP contribution in [0.15, 0.2) is 0 Å². The highest BCUT2D eigenvalue weighted by molar-refractivity contribution is 4.66. The third-order valence-corrected chi connectivity index (χ3v) is 2.42. The first kappa shape index (κ1) is 11.0. The van der Waals surface area contributed by atoms with E-state index in [0.29, 0.717) is 6.04 Å². The summed E-state index contributed by atoms with van der Waals surface area (Å²) in [5.74, 6) is 1.65. The third kappa shape index (κ3) is 5.25. The molecule has 1 N–H and O–H groups in total. The maximum absolute atomic E-state index is 3.43. The summed E-state index contributed by atoms with van der Waals surface area (Å²) in [4.78, 5) is 0. The minimum atomic E-state index is 0.678. The van der Waals surface area contributed by atoms with Crippen molar-refractivity contribution in [3.8, 4) is 0 Å². The topological polar surface area (TPSA) is 12.0 Å². The van der Waals surface area contributed by atoms with Crippen molar-refractivity contribution in [2.45, 2.75) is 47.1 Å². The summed E-state index contributed by atoms with van der Waals surface area (Å²) in [7, 11) is 0. The van der Waals surface area contributed by atoms with Crippen LogP contribution in [0.3, 0.4) is 0 Å². The van der Waals surface area contributed by atoms with Gasteiger partial charge in [0.2, 0.25) is 0 Å². The van der Waals surface area contributed by atoms with E-state index in [1.54, 1.807) is 0 Å².